The van der Waals surface area contributed by atoms with Gasteiger partial charge in [0.25, 0.3) is 0 Å². The normalized spacial score (nSPS) is 11.7. The largest absolute Gasteiger partial charge is 0.324 e. The van der Waals surface area contributed by atoms with Crippen LogP contribution in [0.25, 0.3) is 89.7 Å². The van der Waals surface area contributed by atoms with E-state index >= 15 is 0 Å². The van der Waals surface area contributed by atoms with Gasteiger partial charge in [-0.2, -0.15) is 0 Å². The Labute approximate surface area is 245 Å². The van der Waals surface area contributed by atoms with E-state index in [1.807, 2.05) is 97.1 Å². The van der Waals surface area contributed by atoms with E-state index < -0.39 is 0 Å². The molecule has 2 aliphatic heterocycles. The minimum atomic E-state index is 0. The monoisotopic (exact) mass is 616 g/mol. The molecular formula is C32H18N8Ru. The van der Waals surface area contributed by atoms with E-state index in [-0.39, 0.29) is 19.5 Å². The van der Waals surface area contributed by atoms with E-state index in [4.69, 9.17) is 29.9 Å². The van der Waals surface area contributed by atoms with Crippen LogP contribution in [-0.4, -0.2) is 39.9 Å². The van der Waals surface area contributed by atoms with E-state index in [0.717, 1.165) is 43.8 Å². The zero-order valence-corrected chi connectivity index (χ0v) is 23.0. The van der Waals surface area contributed by atoms with Gasteiger partial charge in [0, 0.05) is 63.3 Å². The van der Waals surface area contributed by atoms with Crippen LogP contribution in [-0.2, 0) is 19.5 Å². The third-order valence-electron chi connectivity index (χ3n) is 7.46. The van der Waals surface area contributed by atoms with Crippen LogP contribution in [0.3, 0.4) is 0 Å². The van der Waals surface area contributed by atoms with Crippen LogP contribution in [0.1, 0.15) is 0 Å². The van der Waals surface area contributed by atoms with Gasteiger partial charge >= 0.3 is 0 Å². The third kappa shape index (κ3) is 3.56. The second kappa shape index (κ2) is 8.94. The van der Waals surface area contributed by atoms with Crippen LogP contribution < -0.4 is 0 Å². The molecule has 2 aliphatic rings. The van der Waals surface area contributed by atoms with Crippen LogP contribution in [0.4, 0.5) is 0 Å². The van der Waals surface area contributed by atoms with Gasteiger partial charge in [-0.25, -0.2) is 29.9 Å². The molecule has 41 heavy (non-hydrogen) atoms. The quantitative estimate of drug-likeness (QED) is 0.180. The molecule has 0 fully saturated rings. The summed E-state index contributed by atoms with van der Waals surface area (Å²) in [6.07, 6.45) is 0. The van der Waals surface area contributed by atoms with Crippen molar-refractivity contribution < 1.29 is 19.5 Å². The van der Waals surface area contributed by atoms with Crippen molar-refractivity contribution in [3.05, 3.63) is 97.1 Å². The molecule has 194 valence electrons. The SMILES string of the molecule is [Ru].c1ccc2c(c1)-c1nc-2nc2[nH]c(nc3nc(nc4[nH]c(n1)c1ccccc41)-c1ccccc1-3)c1ccccc21. The van der Waals surface area contributed by atoms with Gasteiger partial charge < -0.3 is 9.97 Å². The average Bonchev–Trinajstić information content (AvgIpc) is 3.73. The number of nitrogens with one attached hydrogen (secondary N) is 2. The summed E-state index contributed by atoms with van der Waals surface area (Å²) in [5.74, 6) is 2.39. The average molecular weight is 616 g/mol. The van der Waals surface area contributed by atoms with Crippen molar-refractivity contribution in [3.63, 3.8) is 0 Å². The number of hydrogen-bond donors (Lipinski definition) is 2. The predicted octanol–water partition coefficient (Wildman–Crippen LogP) is 6.87. The van der Waals surface area contributed by atoms with Crippen molar-refractivity contribution in [2.45, 2.75) is 0 Å². The molecule has 0 aliphatic carbocycles. The van der Waals surface area contributed by atoms with Crippen molar-refractivity contribution in [1.29, 1.82) is 0 Å². The molecule has 3 aromatic heterocycles. The molecule has 8 bridgehead atoms. The van der Waals surface area contributed by atoms with Gasteiger partial charge in [-0.05, 0) is 0 Å². The standard InChI is InChI=1S/C32H18N8.Ru/c1-2-10-18-17(9-1)25-33-26(18)38-28-21-13-5-6-14-22(21)30(35-28)40-32-24-16-8-7-15-23(24)31(36-32)39-29-20-12-4-3-11-19(20)27(34-29)37-25;/h1-16H,(H2,33,34,35,36,37,38,39,40);. The van der Waals surface area contributed by atoms with Crippen LogP contribution in [0.5, 0.6) is 0 Å². The predicted molar refractivity (Wildman–Crippen MR) is 156 cm³/mol. The van der Waals surface area contributed by atoms with Crippen molar-refractivity contribution >= 4 is 44.1 Å². The summed E-state index contributed by atoms with van der Waals surface area (Å²) < 4.78 is 0. The summed E-state index contributed by atoms with van der Waals surface area (Å²) in [7, 11) is 0. The number of aromatic amines is 2. The Balaban J connectivity index is 0.00000256. The summed E-state index contributed by atoms with van der Waals surface area (Å²) in [5.41, 5.74) is 6.45. The zero-order valence-electron chi connectivity index (χ0n) is 21.3. The smallest absolute Gasteiger partial charge is 0.164 e. The molecule has 4 aromatic carbocycles. The van der Waals surface area contributed by atoms with Gasteiger partial charge in [0.15, 0.2) is 23.3 Å². The first-order chi connectivity index (χ1) is 19.8. The topological polar surface area (TPSA) is 109 Å². The molecular weight excluding hydrogens is 597 g/mol. The molecule has 0 radical (unpaired) electrons. The Bertz CT molecular complexity index is 2030. The van der Waals surface area contributed by atoms with E-state index in [1.54, 1.807) is 0 Å². The maximum absolute atomic E-state index is 5.02. The van der Waals surface area contributed by atoms with Gasteiger partial charge in [0.05, 0.1) is 0 Å². The maximum atomic E-state index is 5.02. The van der Waals surface area contributed by atoms with Gasteiger partial charge in [0.2, 0.25) is 0 Å². The minimum Gasteiger partial charge on any atom is -0.324 e. The van der Waals surface area contributed by atoms with Crippen molar-refractivity contribution in [2.75, 3.05) is 0 Å². The number of rotatable bonds is 0. The Morgan fingerprint density at radius 2 is 0.561 bits per heavy atom. The van der Waals surface area contributed by atoms with Crippen molar-refractivity contribution in [2.24, 2.45) is 0 Å². The Morgan fingerprint density at radius 3 is 0.829 bits per heavy atom. The molecule has 9 rings (SSSR count). The number of H-pyrrole nitrogens is 2. The Hall–Kier alpha value is -5.14. The summed E-state index contributed by atoms with van der Waals surface area (Å²) in [4.78, 5) is 36.8. The minimum absolute atomic E-state index is 0. The van der Waals surface area contributed by atoms with E-state index in [1.165, 1.54) is 0 Å². The van der Waals surface area contributed by atoms with Gasteiger partial charge in [-0.3, -0.25) is 0 Å². The molecule has 8 nitrogen and oxygen atoms in total. The molecule has 0 spiro atoms. The number of aromatic nitrogens is 8. The number of benzene rings is 4. The van der Waals surface area contributed by atoms with Gasteiger partial charge in [0.1, 0.15) is 22.6 Å². The first kappa shape index (κ1) is 23.7. The Kier molecular flexibility index (Phi) is 5.17. The van der Waals surface area contributed by atoms with Crippen molar-refractivity contribution in [1.82, 2.24) is 39.9 Å². The second-order valence-electron chi connectivity index (χ2n) is 9.79. The molecule has 2 N–H and O–H groups in total. The fraction of sp³-hybridized carbons (Fsp3) is 0. The number of nitrogens with zero attached hydrogens (tertiary/aromatic N) is 6. The van der Waals surface area contributed by atoms with Gasteiger partial charge in [-0.15, -0.1) is 0 Å². The second-order valence-corrected chi connectivity index (χ2v) is 9.79. The van der Waals surface area contributed by atoms with E-state index in [0.29, 0.717) is 45.9 Å². The maximum Gasteiger partial charge on any atom is 0.164 e. The summed E-state index contributed by atoms with van der Waals surface area (Å²) in [5, 5.41) is 3.82. The molecule has 7 aromatic rings. The molecule has 0 atom stereocenters. The summed E-state index contributed by atoms with van der Waals surface area (Å²) in [6, 6.07) is 32.2. The van der Waals surface area contributed by atoms with Gasteiger partial charge in [-0.1, -0.05) is 97.1 Å². The molecule has 0 saturated carbocycles. The molecule has 9 heteroatoms. The first-order valence-corrected chi connectivity index (χ1v) is 13.0. The van der Waals surface area contributed by atoms with Crippen LogP contribution >= 0.6 is 0 Å². The first-order valence-electron chi connectivity index (χ1n) is 13.0. The summed E-state index contributed by atoms with van der Waals surface area (Å²) in [6.45, 7) is 0. The third-order valence-corrected chi connectivity index (χ3v) is 7.46. The number of hydrogen-bond acceptors (Lipinski definition) is 6. The van der Waals surface area contributed by atoms with E-state index in [9.17, 15) is 0 Å². The summed E-state index contributed by atoms with van der Waals surface area (Å²) >= 11 is 0. The molecule has 0 saturated heterocycles. The Morgan fingerprint density at radius 1 is 0.317 bits per heavy atom. The molecule has 0 unspecified atom stereocenters. The zero-order chi connectivity index (χ0) is 26.2. The number of fused-ring (bicyclic) bond motifs is 20. The fourth-order valence-corrected chi connectivity index (χ4v) is 5.59. The van der Waals surface area contributed by atoms with Crippen molar-refractivity contribution in [3.8, 4) is 45.6 Å². The molecule has 0 amide bonds. The fourth-order valence-electron chi connectivity index (χ4n) is 5.59. The van der Waals surface area contributed by atoms with Crippen LogP contribution in [0.2, 0.25) is 0 Å². The van der Waals surface area contributed by atoms with E-state index in [2.05, 4.69) is 9.97 Å². The van der Waals surface area contributed by atoms with Crippen LogP contribution in [0, 0.1) is 0 Å². The molecule has 5 heterocycles. The van der Waals surface area contributed by atoms with Crippen LogP contribution in [0.15, 0.2) is 97.1 Å².